The Hall–Kier alpha value is -1.67. The Morgan fingerprint density at radius 3 is 2.85 bits per heavy atom. The molecule has 0 saturated heterocycles. The number of hydrogen-bond acceptors (Lipinski definition) is 6. The molecule has 1 aromatic carbocycles. The number of hydrogen-bond donors (Lipinski definition) is 1. The van der Waals surface area contributed by atoms with Gasteiger partial charge < -0.3 is 5.73 Å². The van der Waals surface area contributed by atoms with Crippen molar-refractivity contribution in [2.45, 2.75) is 13.0 Å². The molecule has 20 heavy (non-hydrogen) atoms. The second-order valence-corrected chi connectivity index (χ2v) is 7.14. The summed E-state index contributed by atoms with van der Waals surface area (Å²) in [6, 6.07) is 5.03. The molecule has 2 rings (SSSR count). The van der Waals surface area contributed by atoms with E-state index in [-0.39, 0.29) is 5.75 Å². The van der Waals surface area contributed by atoms with Crippen LogP contribution in [-0.4, -0.2) is 40.6 Å². The normalized spacial score (nSPS) is 11.7. The minimum atomic E-state index is -3.00. The number of aromatic nitrogens is 4. The van der Waals surface area contributed by atoms with Gasteiger partial charge in [0.1, 0.15) is 9.84 Å². The van der Waals surface area contributed by atoms with Crippen molar-refractivity contribution in [2.24, 2.45) is 0 Å². The summed E-state index contributed by atoms with van der Waals surface area (Å²) in [7, 11) is -3.00. The number of nitrogen functional groups attached to an aromatic ring is 1. The van der Waals surface area contributed by atoms with E-state index in [1.165, 1.54) is 10.9 Å². The molecule has 0 spiro atoms. The van der Waals surface area contributed by atoms with E-state index in [1.807, 2.05) is 0 Å². The first-order valence-corrected chi connectivity index (χ1v) is 8.30. The summed E-state index contributed by atoms with van der Waals surface area (Å²) in [5.74, 6) is 0.552. The summed E-state index contributed by atoms with van der Waals surface area (Å²) in [5, 5.41) is 11.9. The van der Waals surface area contributed by atoms with Gasteiger partial charge in [0, 0.05) is 29.1 Å². The minimum Gasteiger partial charge on any atom is -0.398 e. The van der Waals surface area contributed by atoms with Crippen LogP contribution in [0.2, 0.25) is 5.02 Å². The number of halogens is 1. The first-order valence-electron chi connectivity index (χ1n) is 5.86. The zero-order chi connectivity index (χ0) is 14.8. The molecule has 9 heteroatoms. The van der Waals surface area contributed by atoms with Crippen LogP contribution in [0.1, 0.15) is 6.42 Å². The Labute approximate surface area is 121 Å². The van der Waals surface area contributed by atoms with Crippen molar-refractivity contribution in [2.75, 3.05) is 17.7 Å². The van der Waals surface area contributed by atoms with Crippen molar-refractivity contribution in [3.05, 3.63) is 23.2 Å². The molecule has 0 radical (unpaired) electrons. The molecule has 0 fully saturated rings. The van der Waals surface area contributed by atoms with Gasteiger partial charge in [0.15, 0.2) is 5.82 Å². The number of nitrogens with zero attached hydrogens (tertiary/aromatic N) is 4. The molecule has 1 aromatic heterocycles. The van der Waals surface area contributed by atoms with Crippen LogP contribution < -0.4 is 5.73 Å². The Morgan fingerprint density at radius 2 is 2.15 bits per heavy atom. The van der Waals surface area contributed by atoms with Gasteiger partial charge in [-0.2, -0.15) is 0 Å². The Kier molecular flexibility index (Phi) is 4.24. The molecule has 0 amide bonds. The zero-order valence-electron chi connectivity index (χ0n) is 10.8. The van der Waals surface area contributed by atoms with Crippen LogP contribution in [0, 0.1) is 0 Å². The molecule has 0 saturated carbocycles. The Bertz CT molecular complexity index is 713. The molecule has 7 nitrogen and oxygen atoms in total. The van der Waals surface area contributed by atoms with Crippen LogP contribution in [0.5, 0.6) is 0 Å². The highest BCUT2D eigenvalue weighted by molar-refractivity contribution is 7.90. The largest absolute Gasteiger partial charge is 0.398 e. The quantitative estimate of drug-likeness (QED) is 0.826. The summed E-state index contributed by atoms with van der Waals surface area (Å²) in [4.78, 5) is 0. The van der Waals surface area contributed by atoms with E-state index in [4.69, 9.17) is 17.3 Å². The van der Waals surface area contributed by atoms with E-state index in [1.54, 1.807) is 18.2 Å². The van der Waals surface area contributed by atoms with Gasteiger partial charge >= 0.3 is 0 Å². The van der Waals surface area contributed by atoms with Crippen molar-refractivity contribution in [3.63, 3.8) is 0 Å². The maximum Gasteiger partial charge on any atom is 0.184 e. The van der Waals surface area contributed by atoms with Crippen molar-refractivity contribution in [1.82, 2.24) is 20.2 Å². The number of benzene rings is 1. The number of nitrogens with two attached hydrogens (primary N) is 1. The van der Waals surface area contributed by atoms with Gasteiger partial charge in [0.05, 0.1) is 5.75 Å². The molecule has 1 heterocycles. The first kappa shape index (κ1) is 14.7. The van der Waals surface area contributed by atoms with Gasteiger partial charge in [0.2, 0.25) is 0 Å². The monoisotopic (exact) mass is 315 g/mol. The highest BCUT2D eigenvalue weighted by Gasteiger charge is 2.13. The SMILES string of the molecule is CS(=O)(=O)CCCn1nnnc1-c1cc(Cl)ccc1N. The van der Waals surface area contributed by atoms with Gasteiger partial charge in [0.25, 0.3) is 0 Å². The maximum absolute atomic E-state index is 11.1. The third-order valence-electron chi connectivity index (χ3n) is 2.67. The van der Waals surface area contributed by atoms with E-state index in [0.717, 1.165) is 0 Å². The fourth-order valence-electron chi connectivity index (χ4n) is 1.75. The van der Waals surface area contributed by atoms with Crippen LogP contribution in [0.3, 0.4) is 0 Å². The molecular weight excluding hydrogens is 302 g/mol. The van der Waals surface area contributed by atoms with Crippen molar-refractivity contribution >= 4 is 27.1 Å². The summed E-state index contributed by atoms with van der Waals surface area (Å²) >= 11 is 5.94. The molecular formula is C11H14ClN5O2S. The van der Waals surface area contributed by atoms with Crippen LogP contribution >= 0.6 is 11.6 Å². The summed E-state index contributed by atoms with van der Waals surface area (Å²) in [6.45, 7) is 0.390. The Morgan fingerprint density at radius 1 is 1.40 bits per heavy atom. The average Bonchev–Trinajstić information content (AvgIpc) is 2.79. The molecule has 0 aliphatic rings. The highest BCUT2D eigenvalue weighted by Crippen LogP contribution is 2.26. The number of rotatable bonds is 5. The first-order chi connectivity index (χ1) is 9.37. The number of anilines is 1. The standard InChI is InChI=1S/C11H14ClN5O2S/c1-20(18,19)6-2-5-17-11(14-15-16-17)9-7-8(12)3-4-10(9)13/h3-4,7H,2,5-6,13H2,1H3. The molecule has 108 valence electrons. The maximum atomic E-state index is 11.1. The van der Waals surface area contributed by atoms with Gasteiger partial charge in [-0.1, -0.05) is 11.6 Å². The van der Waals surface area contributed by atoms with E-state index in [0.29, 0.717) is 35.1 Å². The minimum absolute atomic E-state index is 0.0807. The predicted octanol–water partition coefficient (Wildman–Crippen LogP) is 1.01. The lowest BCUT2D eigenvalue weighted by Gasteiger charge is -2.07. The van der Waals surface area contributed by atoms with E-state index in [2.05, 4.69) is 15.5 Å². The van der Waals surface area contributed by atoms with Crippen molar-refractivity contribution in [1.29, 1.82) is 0 Å². The molecule has 0 bridgehead atoms. The zero-order valence-corrected chi connectivity index (χ0v) is 12.4. The van der Waals surface area contributed by atoms with Crippen LogP contribution in [0.15, 0.2) is 18.2 Å². The molecule has 2 aromatic rings. The molecule has 0 atom stereocenters. The fraction of sp³-hybridized carbons (Fsp3) is 0.364. The van der Waals surface area contributed by atoms with E-state index in [9.17, 15) is 8.42 Å². The van der Waals surface area contributed by atoms with Crippen LogP contribution in [0.25, 0.3) is 11.4 Å². The van der Waals surface area contributed by atoms with E-state index < -0.39 is 9.84 Å². The average molecular weight is 316 g/mol. The second kappa shape index (κ2) is 5.76. The Balaban J connectivity index is 2.22. The third-order valence-corrected chi connectivity index (χ3v) is 3.94. The topological polar surface area (TPSA) is 104 Å². The fourth-order valence-corrected chi connectivity index (χ4v) is 2.57. The van der Waals surface area contributed by atoms with Gasteiger partial charge in [-0.25, -0.2) is 13.1 Å². The summed E-state index contributed by atoms with van der Waals surface area (Å²) in [6.07, 6.45) is 1.62. The summed E-state index contributed by atoms with van der Waals surface area (Å²) in [5.41, 5.74) is 7.02. The lowest BCUT2D eigenvalue weighted by atomic mass is 10.1. The number of aryl methyl sites for hydroxylation is 1. The third kappa shape index (κ3) is 3.67. The molecule has 2 N–H and O–H groups in total. The highest BCUT2D eigenvalue weighted by atomic mass is 35.5. The second-order valence-electron chi connectivity index (χ2n) is 4.44. The van der Waals surface area contributed by atoms with Crippen LogP contribution in [0.4, 0.5) is 5.69 Å². The van der Waals surface area contributed by atoms with E-state index >= 15 is 0 Å². The lowest BCUT2D eigenvalue weighted by Crippen LogP contribution is -2.10. The summed E-state index contributed by atoms with van der Waals surface area (Å²) < 4.78 is 23.8. The molecule has 0 aliphatic heterocycles. The van der Waals surface area contributed by atoms with Crippen molar-refractivity contribution < 1.29 is 8.42 Å². The van der Waals surface area contributed by atoms with Gasteiger partial charge in [-0.3, -0.25) is 0 Å². The molecule has 0 aliphatic carbocycles. The number of tetrazole rings is 1. The van der Waals surface area contributed by atoms with Gasteiger partial charge in [-0.15, -0.1) is 5.10 Å². The van der Waals surface area contributed by atoms with Gasteiger partial charge in [-0.05, 0) is 35.0 Å². The smallest absolute Gasteiger partial charge is 0.184 e. The molecule has 0 unspecified atom stereocenters. The van der Waals surface area contributed by atoms with Crippen molar-refractivity contribution in [3.8, 4) is 11.4 Å². The lowest BCUT2D eigenvalue weighted by molar-refractivity contribution is 0.567. The predicted molar refractivity (Wildman–Crippen MR) is 77.0 cm³/mol. The number of sulfone groups is 1. The van der Waals surface area contributed by atoms with Crippen LogP contribution in [-0.2, 0) is 16.4 Å².